The molecule has 0 spiro atoms. The van der Waals surface area contributed by atoms with Gasteiger partial charge in [-0.3, -0.25) is 0 Å². The first-order valence-electron chi connectivity index (χ1n) is 12.4. The molecule has 3 aromatic rings. The zero-order valence-corrected chi connectivity index (χ0v) is 25.4. The van der Waals surface area contributed by atoms with Gasteiger partial charge in [0.25, 0.3) is 0 Å². The van der Waals surface area contributed by atoms with Gasteiger partial charge in [0.1, 0.15) is 25.0 Å². The van der Waals surface area contributed by atoms with E-state index in [0.29, 0.717) is 20.7 Å². The number of benzene rings is 2. The summed E-state index contributed by atoms with van der Waals surface area (Å²) in [5.74, 6) is -37.1. The third-order valence-electron chi connectivity index (χ3n) is 6.57. The third-order valence-corrected chi connectivity index (χ3v) is 7.72. The molecule has 3 rings (SSSR count). The zero-order valence-electron chi connectivity index (χ0n) is 22.3. The number of rotatable bonds is 13. The summed E-state index contributed by atoms with van der Waals surface area (Å²) in [6.07, 6.45) is -7.65. The Labute approximate surface area is 271 Å². The molecule has 0 bridgehead atoms. The highest BCUT2D eigenvalue weighted by molar-refractivity contribution is 6.35. The quantitative estimate of drug-likeness (QED) is 0.125. The summed E-state index contributed by atoms with van der Waals surface area (Å²) in [5.41, 5.74) is 0.851. The fourth-order valence-corrected chi connectivity index (χ4v) is 4.92. The summed E-state index contributed by atoms with van der Waals surface area (Å²) in [6, 6.07) is 8.89. The number of nitrogens with zero attached hydrogens (tertiary/aromatic N) is 2. The minimum atomic E-state index is -7.95. The molecule has 1 atom stereocenters. The second-order valence-electron chi connectivity index (χ2n) is 9.80. The minimum absolute atomic E-state index is 0.117. The van der Waals surface area contributed by atoms with Gasteiger partial charge in [-0.2, -0.15) is 57.1 Å². The van der Waals surface area contributed by atoms with Gasteiger partial charge in [-0.25, -0.2) is 9.13 Å². The molecule has 0 radical (unpaired) electrons. The molecule has 20 heteroatoms. The lowest BCUT2D eigenvalue weighted by Crippen LogP contribution is -2.70. The van der Waals surface area contributed by atoms with Crippen LogP contribution in [-0.2, 0) is 24.4 Å². The number of ether oxygens (including phenoxy) is 1. The van der Waals surface area contributed by atoms with Crippen LogP contribution in [0.25, 0.3) is 0 Å². The van der Waals surface area contributed by atoms with Crippen LogP contribution in [0.1, 0.15) is 23.7 Å². The van der Waals surface area contributed by atoms with Gasteiger partial charge in [0.05, 0.1) is 19.6 Å². The average molecular weight is 763 g/mol. The molecule has 0 saturated carbocycles. The van der Waals surface area contributed by atoms with Crippen LogP contribution in [0.2, 0.25) is 20.1 Å². The Morgan fingerprint density at radius 3 is 1.78 bits per heavy atom. The molecular formula is C26H18Cl4F13N2O+. The van der Waals surface area contributed by atoms with Crippen molar-refractivity contribution in [2.45, 2.75) is 68.0 Å². The molecule has 1 unspecified atom stereocenters. The maximum atomic E-state index is 14.3. The molecule has 0 N–H and O–H groups in total. The van der Waals surface area contributed by atoms with Crippen LogP contribution >= 0.6 is 46.4 Å². The van der Waals surface area contributed by atoms with E-state index in [1.807, 2.05) is 0 Å². The topological polar surface area (TPSA) is 18.0 Å². The van der Waals surface area contributed by atoms with Crippen LogP contribution < -0.4 is 4.57 Å². The van der Waals surface area contributed by atoms with Crippen molar-refractivity contribution in [2.24, 2.45) is 0 Å². The lowest BCUT2D eigenvalue weighted by Gasteiger charge is -2.39. The minimum Gasteiger partial charge on any atom is -0.365 e. The summed E-state index contributed by atoms with van der Waals surface area (Å²) in [6.45, 7) is -1.59. The van der Waals surface area contributed by atoms with E-state index in [2.05, 4.69) is 0 Å². The van der Waals surface area contributed by atoms with Gasteiger partial charge in [0.15, 0.2) is 0 Å². The van der Waals surface area contributed by atoms with E-state index in [9.17, 15) is 57.1 Å². The molecule has 1 heterocycles. The fraction of sp³-hybridized carbons (Fsp3) is 0.423. The highest BCUT2D eigenvalue weighted by Crippen LogP contribution is 2.60. The normalized spacial score (nSPS) is 14.5. The van der Waals surface area contributed by atoms with E-state index in [4.69, 9.17) is 51.1 Å². The van der Waals surface area contributed by atoms with E-state index in [1.54, 1.807) is 6.07 Å². The number of alkyl halides is 13. The van der Waals surface area contributed by atoms with Crippen molar-refractivity contribution < 1.29 is 66.4 Å². The SMILES string of the molecule is FC(F)(F)C(F)(F)C(F)(F)C(F)(F)C(F)(F)C(F)(F)CCn1cc[n+](CC(OCc2ccc(Cl)cc2Cl)c2ccc(Cl)cc2Cl)c1. The third kappa shape index (κ3) is 7.45. The van der Waals surface area contributed by atoms with Crippen molar-refractivity contribution in [3.8, 4) is 0 Å². The van der Waals surface area contributed by atoms with E-state index >= 15 is 0 Å². The van der Waals surface area contributed by atoms with Crippen LogP contribution in [0.15, 0.2) is 55.1 Å². The maximum absolute atomic E-state index is 14.3. The van der Waals surface area contributed by atoms with E-state index in [1.165, 1.54) is 41.1 Å². The van der Waals surface area contributed by atoms with Gasteiger partial charge in [-0.05, 0) is 29.8 Å². The van der Waals surface area contributed by atoms with Crippen molar-refractivity contribution in [3.05, 3.63) is 86.3 Å². The van der Waals surface area contributed by atoms with Crippen LogP contribution in [-0.4, -0.2) is 40.4 Å². The van der Waals surface area contributed by atoms with Gasteiger partial charge >= 0.3 is 35.8 Å². The molecule has 0 amide bonds. The van der Waals surface area contributed by atoms with Gasteiger partial charge in [0.2, 0.25) is 6.33 Å². The Morgan fingerprint density at radius 1 is 0.696 bits per heavy atom. The Hall–Kier alpha value is -2.14. The molecule has 0 aliphatic carbocycles. The Bertz CT molecular complexity index is 1530. The molecule has 0 aliphatic heterocycles. The van der Waals surface area contributed by atoms with Crippen molar-refractivity contribution in [3.63, 3.8) is 0 Å². The van der Waals surface area contributed by atoms with Crippen molar-refractivity contribution in [2.75, 3.05) is 0 Å². The summed E-state index contributed by atoms with van der Waals surface area (Å²) < 4.78 is 182. The first-order chi connectivity index (χ1) is 20.9. The average Bonchev–Trinajstić information content (AvgIpc) is 3.37. The lowest BCUT2D eigenvalue weighted by molar-refractivity contribution is -0.704. The molecular weight excluding hydrogens is 745 g/mol. The molecule has 0 aliphatic rings. The summed E-state index contributed by atoms with van der Waals surface area (Å²) in [4.78, 5) is 0. The first-order valence-corrected chi connectivity index (χ1v) is 13.9. The van der Waals surface area contributed by atoms with Gasteiger partial charge in [-0.1, -0.05) is 58.5 Å². The highest BCUT2D eigenvalue weighted by atomic mass is 35.5. The lowest BCUT2D eigenvalue weighted by atomic mass is 9.92. The molecule has 3 nitrogen and oxygen atoms in total. The van der Waals surface area contributed by atoms with Gasteiger partial charge in [-0.15, -0.1) is 0 Å². The summed E-state index contributed by atoms with van der Waals surface area (Å²) in [7, 11) is 0. The van der Waals surface area contributed by atoms with E-state index in [0.717, 1.165) is 12.5 Å². The Balaban J connectivity index is 1.81. The monoisotopic (exact) mass is 761 g/mol. The first kappa shape index (κ1) is 38.3. The number of halogens is 17. The molecule has 256 valence electrons. The van der Waals surface area contributed by atoms with Gasteiger partial charge in [0, 0.05) is 25.7 Å². The predicted octanol–water partition coefficient (Wildman–Crippen LogP) is 10.5. The second kappa shape index (κ2) is 13.4. The number of aryl methyl sites for hydroxylation is 1. The number of imidazole rings is 1. The fourth-order valence-electron chi connectivity index (χ4n) is 3.93. The molecule has 1 aromatic heterocycles. The largest absolute Gasteiger partial charge is 0.460 e. The summed E-state index contributed by atoms with van der Waals surface area (Å²) >= 11 is 24.3. The van der Waals surface area contributed by atoms with Gasteiger partial charge < -0.3 is 4.74 Å². The number of aromatic nitrogens is 2. The van der Waals surface area contributed by atoms with Crippen LogP contribution in [0.5, 0.6) is 0 Å². The van der Waals surface area contributed by atoms with Crippen molar-refractivity contribution in [1.29, 1.82) is 0 Å². The molecule has 46 heavy (non-hydrogen) atoms. The molecule has 0 saturated heterocycles. The van der Waals surface area contributed by atoms with Crippen molar-refractivity contribution >= 4 is 46.4 Å². The second-order valence-corrected chi connectivity index (χ2v) is 11.5. The van der Waals surface area contributed by atoms with Crippen LogP contribution in [0.3, 0.4) is 0 Å². The number of hydrogen-bond donors (Lipinski definition) is 0. The molecule has 2 aromatic carbocycles. The predicted molar refractivity (Wildman–Crippen MR) is 140 cm³/mol. The summed E-state index contributed by atoms with van der Waals surface area (Å²) in [5, 5.41) is 0.976. The number of hydrogen-bond acceptors (Lipinski definition) is 1. The van der Waals surface area contributed by atoms with Crippen molar-refractivity contribution in [1.82, 2.24) is 4.57 Å². The smallest absolute Gasteiger partial charge is 0.365 e. The Morgan fingerprint density at radius 2 is 1.24 bits per heavy atom. The van der Waals surface area contributed by atoms with E-state index < -0.39 is 54.9 Å². The Kier molecular flexibility index (Phi) is 11.2. The molecule has 0 fully saturated rings. The van der Waals surface area contributed by atoms with Crippen LogP contribution in [0.4, 0.5) is 57.1 Å². The maximum Gasteiger partial charge on any atom is 0.460 e. The van der Waals surface area contributed by atoms with Crippen LogP contribution in [0, 0.1) is 0 Å². The highest BCUT2D eigenvalue weighted by Gasteiger charge is 2.90. The zero-order chi connectivity index (χ0) is 35.1. The standard InChI is InChI=1S/C26H18Cl4F13N2O/c27-15-2-1-14(18(29)9-15)12-46-20(17-4-3-16(28)10-19(17)30)11-45-8-7-44(13-45)6-5-21(31,32)22(33,34)23(35,36)24(37,38)25(39,40)26(41,42)43/h1-4,7-10,13,20H,5-6,11-12H2/q+1. The van der Waals surface area contributed by atoms with E-state index in [-0.39, 0.29) is 28.2 Å².